The summed E-state index contributed by atoms with van der Waals surface area (Å²) in [5.41, 5.74) is 1.20. The molecule has 0 aliphatic heterocycles. The average molecular weight is 353 g/mol. The number of carbonyl (C=O) groups is 1. The van der Waals surface area contributed by atoms with Crippen LogP contribution in [-0.4, -0.2) is 17.6 Å². The number of H-pyrrole nitrogens is 1. The van der Waals surface area contributed by atoms with Crippen molar-refractivity contribution in [3.05, 3.63) is 46.6 Å². The Morgan fingerprint density at radius 3 is 2.71 bits per heavy atom. The molecule has 3 rings (SSSR count). The Labute approximate surface area is 140 Å². The molecule has 0 spiro atoms. The van der Waals surface area contributed by atoms with E-state index in [0.717, 1.165) is 17.4 Å². The number of hydrogen-bond donors (Lipinski definition) is 1. The molecule has 2 aromatic heterocycles. The summed E-state index contributed by atoms with van der Waals surface area (Å²) in [6, 6.07) is 4.86. The number of aromatic nitrogens is 1. The van der Waals surface area contributed by atoms with Gasteiger partial charge in [0.25, 0.3) is 0 Å². The topological polar surface area (TPSA) is 42.1 Å². The second-order valence-electron chi connectivity index (χ2n) is 5.20. The number of benzene rings is 1. The van der Waals surface area contributed by atoms with Gasteiger partial charge in [0.1, 0.15) is 11.6 Å². The van der Waals surface area contributed by atoms with Crippen molar-refractivity contribution in [1.29, 1.82) is 0 Å². The highest BCUT2D eigenvalue weighted by Gasteiger charge is 2.19. The minimum atomic E-state index is -0.731. The second kappa shape index (κ2) is 6.68. The number of aryl methyl sites for hydroxylation is 1. The van der Waals surface area contributed by atoms with E-state index >= 15 is 0 Å². The molecular formula is C17H14F3NO2S. The standard InChI is InChI=1S/C17H14F3NO2S/c1-2-23-15(22)6-3-10-11-7-9(18)8-12(19)16(11)21-17(10)13-4-5-14(20)24-13/h4-5,7-8,21H,2-3,6H2,1H3. The van der Waals surface area contributed by atoms with Crippen LogP contribution < -0.4 is 0 Å². The molecule has 0 unspecified atom stereocenters. The van der Waals surface area contributed by atoms with Crippen molar-refractivity contribution < 1.29 is 22.7 Å². The van der Waals surface area contributed by atoms with Crippen LogP contribution in [0.25, 0.3) is 21.5 Å². The molecule has 0 atom stereocenters. The van der Waals surface area contributed by atoms with Crippen LogP contribution in [0.15, 0.2) is 24.3 Å². The Hall–Kier alpha value is -2.28. The van der Waals surface area contributed by atoms with Gasteiger partial charge >= 0.3 is 5.97 Å². The third-order valence-electron chi connectivity index (χ3n) is 3.64. The summed E-state index contributed by atoms with van der Waals surface area (Å²) in [6.45, 7) is 1.97. The van der Waals surface area contributed by atoms with Crippen LogP contribution in [0.2, 0.25) is 0 Å². The maximum absolute atomic E-state index is 14.0. The zero-order valence-corrected chi connectivity index (χ0v) is 13.6. The molecule has 0 aliphatic rings. The summed E-state index contributed by atoms with van der Waals surface area (Å²) in [5.74, 6) is -1.84. The Morgan fingerprint density at radius 2 is 2.04 bits per heavy atom. The number of ether oxygens (including phenoxy) is 1. The van der Waals surface area contributed by atoms with Crippen molar-refractivity contribution in [2.75, 3.05) is 6.61 Å². The molecule has 0 bridgehead atoms. The number of halogens is 3. The smallest absolute Gasteiger partial charge is 0.306 e. The molecule has 0 fully saturated rings. The third-order valence-corrected chi connectivity index (χ3v) is 4.53. The Kier molecular flexibility index (Phi) is 4.62. The lowest BCUT2D eigenvalue weighted by atomic mass is 10.0. The number of esters is 1. The van der Waals surface area contributed by atoms with E-state index in [-0.39, 0.29) is 30.1 Å². The maximum Gasteiger partial charge on any atom is 0.306 e. The number of fused-ring (bicyclic) bond motifs is 1. The molecule has 3 nitrogen and oxygen atoms in total. The van der Waals surface area contributed by atoms with Gasteiger partial charge in [0, 0.05) is 17.9 Å². The van der Waals surface area contributed by atoms with Gasteiger partial charge in [-0.15, -0.1) is 11.3 Å². The fraction of sp³-hybridized carbons (Fsp3) is 0.235. The quantitative estimate of drug-likeness (QED) is 0.669. The third kappa shape index (κ3) is 3.17. The van der Waals surface area contributed by atoms with E-state index in [9.17, 15) is 18.0 Å². The first-order chi connectivity index (χ1) is 11.5. The molecule has 1 N–H and O–H groups in total. The summed E-state index contributed by atoms with van der Waals surface area (Å²) in [4.78, 5) is 15.1. The van der Waals surface area contributed by atoms with E-state index in [4.69, 9.17) is 4.74 Å². The van der Waals surface area contributed by atoms with E-state index in [1.165, 1.54) is 12.1 Å². The summed E-state index contributed by atoms with van der Waals surface area (Å²) >= 11 is 0.895. The first-order valence-corrected chi connectivity index (χ1v) is 8.22. The molecule has 1 aromatic carbocycles. The van der Waals surface area contributed by atoms with Crippen molar-refractivity contribution in [3.8, 4) is 10.6 Å². The predicted octanol–water partition coefficient (Wildman–Crippen LogP) is 4.81. The van der Waals surface area contributed by atoms with Gasteiger partial charge in [0.05, 0.1) is 22.7 Å². The zero-order valence-electron chi connectivity index (χ0n) is 12.8. The number of aromatic amines is 1. The van der Waals surface area contributed by atoms with Crippen LogP contribution in [0.1, 0.15) is 18.9 Å². The fourth-order valence-electron chi connectivity index (χ4n) is 2.65. The number of carbonyl (C=O) groups excluding carboxylic acids is 1. The van der Waals surface area contributed by atoms with Gasteiger partial charge in [-0.3, -0.25) is 4.79 Å². The molecule has 7 heteroatoms. The van der Waals surface area contributed by atoms with Crippen molar-refractivity contribution >= 4 is 28.2 Å². The molecule has 0 radical (unpaired) electrons. The summed E-state index contributed by atoms with van der Waals surface area (Å²) in [5, 5.41) is -0.0349. The van der Waals surface area contributed by atoms with Crippen LogP contribution in [0.3, 0.4) is 0 Å². The Bertz CT molecular complexity index is 901. The van der Waals surface area contributed by atoms with Crippen molar-refractivity contribution in [3.63, 3.8) is 0 Å². The normalized spacial score (nSPS) is 11.2. The number of rotatable bonds is 5. The van der Waals surface area contributed by atoms with Gasteiger partial charge < -0.3 is 9.72 Å². The average Bonchev–Trinajstić information content (AvgIpc) is 3.09. The van der Waals surface area contributed by atoms with Gasteiger partial charge in [-0.05, 0) is 37.1 Å². The highest BCUT2D eigenvalue weighted by Crippen LogP contribution is 2.36. The van der Waals surface area contributed by atoms with Crippen molar-refractivity contribution in [2.24, 2.45) is 0 Å². The van der Waals surface area contributed by atoms with Gasteiger partial charge in [-0.25, -0.2) is 8.78 Å². The van der Waals surface area contributed by atoms with Crippen LogP contribution in [0.5, 0.6) is 0 Å². The Morgan fingerprint density at radius 1 is 1.25 bits per heavy atom. The molecule has 2 heterocycles. The van der Waals surface area contributed by atoms with Crippen LogP contribution in [0, 0.1) is 16.8 Å². The minimum Gasteiger partial charge on any atom is -0.466 e. The first kappa shape index (κ1) is 16.6. The first-order valence-electron chi connectivity index (χ1n) is 7.40. The molecule has 0 aliphatic carbocycles. The van der Waals surface area contributed by atoms with E-state index in [1.54, 1.807) is 13.0 Å². The summed E-state index contributed by atoms with van der Waals surface area (Å²) < 4.78 is 45.9. The van der Waals surface area contributed by atoms with E-state index in [0.29, 0.717) is 21.5 Å². The summed E-state index contributed by atoms with van der Waals surface area (Å²) in [7, 11) is 0. The largest absolute Gasteiger partial charge is 0.466 e. The Balaban J connectivity index is 2.10. The number of hydrogen-bond acceptors (Lipinski definition) is 3. The lowest BCUT2D eigenvalue weighted by molar-refractivity contribution is -0.143. The zero-order chi connectivity index (χ0) is 17.3. The molecule has 0 amide bonds. The maximum atomic E-state index is 14.0. The number of thiophene rings is 1. The molecular weight excluding hydrogens is 339 g/mol. The molecule has 3 aromatic rings. The van der Waals surface area contributed by atoms with Crippen molar-refractivity contribution in [1.82, 2.24) is 4.98 Å². The summed E-state index contributed by atoms with van der Waals surface area (Å²) in [6.07, 6.45) is 0.302. The second-order valence-corrected chi connectivity index (χ2v) is 6.23. The van der Waals surface area contributed by atoms with E-state index in [2.05, 4.69) is 4.98 Å². The SMILES string of the molecule is CCOC(=O)CCc1c(-c2ccc(F)s2)[nH]c2c(F)cc(F)cc12. The predicted molar refractivity (Wildman–Crippen MR) is 86.4 cm³/mol. The fourth-order valence-corrected chi connectivity index (χ4v) is 3.41. The molecule has 126 valence electrons. The van der Waals surface area contributed by atoms with Crippen molar-refractivity contribution in [2.45, 2.75) is 19.8 Å². The lowest BCUT2D eigenvalue weighted by Crippen LogP contribution is -2.05. The molecule has 24 heavy (non-hydrogen) atoms. The van der Waals surface area contributed by atoms with Gasteiger partial charge in [0.15, 0.2) is 5.13 Å². The highest BCUT2D eigenvalue weighted by molar-refractivity contribution is 7.13. The van der Waals surface area contributed by atoms with Crippen LogP contribution in [0.4, 0.5) is 13.2 Å². The van der Waals surface area contributed by atoms with E-state index < -0.39 is 17.6 Å². The number of nitrogens with one attached hydrogen (secondary N) is 1. The van der Waals surface area contributed by atoms with E-state index in [1.807, 2.05) is 0 Å². The highest BCUT2D eigenvalue weighted by atomic mass is 32.1. The van der Waals surface area contributed by atoms with Gasteiger partial charge in [-0.2, -0.15) is 4.39 Å². The molecule has 0 saturated heterocycles. The van der Waals surface area contributed by atoms with Gasteiger partial charge in [-0.1, -0.05) is 0 Å². The van der Waals surface area contributed by atoms with Gasteiger partial charge in [0.2, 0.25) is 0 Å². The molecule has 0 saturated carbocycles. The minimum absolute atomic E-state index is 0.0692. The monoisotopic (exact) mass is 353 g/mol. The lowest BCUT2D eigenvalue weighted by Gasteiger charge is -2.04. The van der Waals surface area contributed by atoms with Crippen LogP contribution >= 0.6 is 11.3 Å². The van der Waals surface area contributed by atoms with Crippen LogP contribution in [-0.2, 0) is 16.0 Å².